The standard InChI is InChI=1S/C23H26ClN5O2/c1-14-18(15(2)31-27-14)12-21(30)29-10-6-9-20(29)22-19(13-25-23(26-22)28(3)4)16-7-5-8-17(24)11-16/h5,7-8,11,13,20H,6,9-10,12H2,1-4H3. The number of rotatable bonds is 5. The van der Waals surface area contributed by atoms with E-state index in [2.05, 4.69) is 10.1 Å². The summed E-state index contributed by atoms with van der Waals surface area (Å²) in [6.07, 6.45) is 3.88. The fraction of sp³-hybridized carbons (Fsp3) is 0.391. The van der Waals surface area contributed by atoms with Gasteiger partial charge < -0.3 is 14.3 Å². The molecular weight excluding hydrogens is 414 g/mol. The zero-order chi connectivity index (χ0) is 22.1. The Morgan fingerprint density at radius 1 is 1.32 bits per heavy atom. The van der Waals surface area contributed by atoms with Crippen molar-refractivity contribution in [2.45, 2.75) is 39.2 Å². The Kier molecular flexibility index (Phi) is 5.96. The summed E-state index contributed by atoms with van der Waals surface area (Å²) < 4.78 is 5.24. The van der Waals surface area contributed by atoms with Crippen LogP contribution in [0.4, 0.5) is 5.95 Å². The molecule has 8 heteroatoms. The Balaban J connectivity index is 1.72. The van der Waals surface area contributed by atoms with E-state index in [1.165, 1.54) is 0 Å². The minimum Gasteiger partial charge on any atom is -0.361 e. The first-order valence-electron chi connectivity index (χ1n) is 10.4. The van der Waals surface area contributed by atoms with Gasteiger partial charge in [-0.2, -0.15) is 0 Å². The Morgan fingerprint density at radius 3 is 2.81 bits per heavy atom. The predicted octanol–water partition coefficient (Wildman–Crippen LogP) is 4.37. The van der Waals surface area contributed by atoms with Crippen LogP contribution in [0.3, 0.4) is 0 Å². The number of carbonyl (C=O) groups is 1. The monoisotopic (exact) mass is 439 g/mol. The van der Waals surface area contributed by atoms with Gasteiger partial charge in [0, 0.05) is 43.0 Å². The highest BCUT2D eigenvalue weighted by Gasteiger charge is 2.34. The molecule has 31 heavy (non-hydrogen) atoms. The Bertz CT molecular complexity index is 1090. The highest BCUT2D eigenvalue weighted by atomic mass is 35.5. The maximum atomic E-state index is 13.3. The topological polar surface area (TPSA) is 75.4 Å². The molecule has 2 aromatic heterocycles. The number of halogens is 1. The molecule has 1 saturated heterocycles. The van der Waals surface area contributed by atoms with Gasteiger partial charge in [-0.15, -0.1) is 0 Å². The minimum atomic E-state index is -0.122. The molecule has 0 radical (unpaired) electrons. The van der Waals surface area contributed by atoms with Crippen molar-refractivity contribution in [2.24, 2.45) is 0 Å². The Morgan fingerprint density at radius 2 is 2.13 bits per heavy atom. The number of aryl methyl sites for hydroxylation is 2. The summed E-state index contributed by atoms with van der Waals surface area (Å²) in [6, 6.07) is 7.53. The molecule has 162 valence electrons. The summed E-state index contributed by atoms with van der Waals surface area (Å²) in [5.74, 6) is 1.36. The average Bonchev–Trinajstić information content (AvgIpc) is 3.36. The maximum absolute atomic E-state index is 13.3. The molecule has 1 amide bonds. The molecule has 0 bridgehead atoms. The molecule has 7 nitrogen and oxygen atoms in total. The lowest BCUT2D eigenvalue weighted by molar-refractivity contribution is -0.131. The molecule has 1 unspecified atom stereocenters. The first-order valence-corrected chi connectivity index (χ1v) is 10.7. The van der Waals surface area contributed by atoms with Gasteiger partial charge in [-0.1, -0.05) is 28.9 Å². The van der Waals surface area contributed by atoms with E-state index in [1.807, 2.05) is 68.2 Å². The van der Waals surface area contributed by atoms with Gasteiger partial charge in [0.05, 0.1) is 23.9 Å². The van der Waals surface area contributed by atoms with E-state index in [-0.39, 0.29) is 18.4 Å². The van der Waals surface area contributed by atoms with Gasteiger partial charge in [0.25, 0.3) is 0 Å². The molecule has 0 N–H and O–H groups in total. The molecule has 1 aliphatic heterocycles. The van der Waals surface area contributed by atoms with Crippen LogP contribution in [0.15, 0.2) is 35.0 Å². The summed E-state index contributed by atoms with van der Waals surface area (Å²) in [7, 11) is 3.82. The van der Waals surface area contributed by atoms with Crippen molar-refractivity contribution in [3.05, 3.63) is 58.2 Å². The van der Waals surface area contributed by atoms with Gasteiger partial charge in [-0.3, -0.25) is 4.79 Å². The second-order valence-electron chi connectivity index (χ2n) is 8.10. The molecule has 3 heterocycles. The van der Waals surface area contributed by atoms with Crippen molar-refractivity contribution in [3.63, 3.8) is 0 Å². The van der Waals surface area contributed by atoms with E-state index >= 15 is 0 Å². The molecule has 1 aromatic carbocycles. The molecule has 3 aromatic rings. The maximum Gasteiger partial charge on any atom is 0.227 e. The van der Waals surface area contributed by atoms with E-state index in [1.54, 1.807) is 0 Å². The lowest BCUT2D eigenvalue weighted by atomic mass is 9.99. The summed E-state index contributed by atoms with van der Waals surface area (Å²) in [5, 5.41) is 4.63. The van der Waals surface area contributed by atoms with Crippen molar-refractivity contribution in [1.29, 1.82) is 0 Å². The van der Waals surface area contributed by atoms with E-state index in [4.69, 9.17) is 21.1 Å². The van der Waals surface area contributed by atoms with Crippen LogP contribution in [0.25, 0.3) is 11.1 Å². The van der Waals surface area contributed by atoms with E-state index in [0.29, 0.717) is 23.3 Å². The lowest BCUT2D eigenvalue weighted by Crippen LogP contribution is -2.33. The summed E-state index contributed by atoms with van der Waals surface area (Å²) >= 11 is 6.25. The normalized spacial score (nSPS) is 16.0. The largest absolute Gasteiger partial charge is 0.361 e. The van der Waals surface area contributed by atoms with E-state index in [9.17, 15) is 4.79 Å². The molecule has 1 atom stereocenters. The highest BCUT2D eigenvalue weighted by molar-refractivity contribution is 6.30. The van der Waals surface area contributed by atoms with Crippen LogP contribution >= 0.6 is 11.6 Å². The smallest absolute Gasteiger partial charge is 0.227 e. The Hall–Kier alpha value is -2.93. The SMILES string of the molecule is Cc1noc(C)c1CC(=O)N1CCCC1c1nc(N(C)C)ncc1-c1cccc(Cl)c1. The number of hydrogen-bond donors (Lipinski definition) is 0. The van der Waals surface area contributed by atoms with Crippen LogP contribution < -0.4 is 4.90 Å². The first kappa shape index (κ1) is 21.3. The zero-order valence-electron chi connectivity index (χ0n) is 18.2. The van der Waals surface area contributed by atoms with Crippen molar-refractivity contribution in [1.82, 2.24) is 20.0 Å². The summed E-state index contributed by atoms with van der Waals surface area (Å²) in [6.45, 7) is 4.41. The van der Waals surface area contributed by atoms with Gasteiger partial charge in [-0.05, 0) is 44.4 Å². The summed E-state index contributed by atoms with van der Waals surface area (Å²) in [4.78, 5) is 26.5. The minimum absolute atomic E-state index is 0.0546. The number of benzene rings is 1. The van der Waals surface area contributed by atoms with Crippen LogP contribution in [0, 0.1) is 13.8 Å². The van der Waals surface area contributed by atoms with Gasteiger partial charge in [0.15, 0.2) is 0 Å². The van der Waals surface area contributed by atoms with E-state index < -0.39 is 0 Å². The second-order valence-corrected chi connectivity index (χ2v) is 8.53. The second kappa shape index (κ2) is 8.67. The molecular formula is C23H26ClN5O2. The molecule has 0 saturated carbocycles. The van der Waals surface area contributed by atoms with Crippen molar-refractivity contribution >= 4 is 23.5 Å². The van der Waals surface area contributed by atoms with Gasteiger partial charge in [0.2, 0.25) is 11.9 Å². The van der Waals surface area contributed by atoms with Crippen molar-refractivity contribution in [3.8, 4) is 11.1 Å². The Labute approximate surface area is 187 Å². The van der Waals surface area contributed by atoms with Gasteiger partial charge in [-0.25, -0.2) is 9.97 Å². The van der Waals surface area contributed by atoms with Crippen molar-refractivity contribution < 1.29 is 9.32 Å². The number of anilines is 1. The molecule has 0 spiro atoms. The summed E-state index contributed by atoms with van der Waals surface area (Å²) in [5.41, 5.74) is 4.32. The van der Waals surface area contributed by atoms with Gasteiger partial charge in [0.1, 0.15) is 5.76 Å². The molecule has 1 fully saturated rings. The fourth-order valence-corrected chi connectivity index (χ4v) is 4.28. The number of hydrogen-bond acceptors (Lipinski definition) is 6. The number of carbonyl (C=O) groups excluding carboxylic acids is 1. The third kappa shape index (κ3) is 4.28. The third-order valence-corrected chi connectivity index (χ3v) is 5.97. The number of likely N-dealkylation sites (tertiary alicyclic amines) is 1. The van der Waals surface area contributed by atoms with Crippen LogP contribution in [0.1, 0.15) is 41.6 Å². The quantitative estimate of drug-likeness (QED) is 0.587. The van der Waals surface area contributed by atoms with Crippen molar-refractivity contribution in [2.75, 3.05) is 25.5 Å². The van der Waals surface area contributed by atoms with Crippen LogP contribution in [-0.4, -0.2) is 46.6 Å². The third-order valence-electron chi connectivity index (χ3n) is 5.74. The van der Waals surface area contributed by atoms with Crippen LogP contribution in [-0.2, 0) is 11.2 Å². The predicted molar refractivity (Wildman–Crippen MR) is 120 cm³/mol. The number of amides is 1. The molecule has 1 aliphatic rings. The van der Waals surface area contributed by atoms with Crippen LogP contribution in [0.5, 0.6) is 0 Å². The average molecular weight is 440 g/mol. The molecule has 4 rings (SSSR count). The zero-order valence-corrected chi connectivity index (χ0v) is 19.0. The van der Waals surface area contributed by atoms with E-state index in [0.717, 1.165) is 40.9 Å². The lowest BCUT2D eigenvalue weighted by Gasteiger charge is -2.27. The van der Waals surface area contributed by atoms with Gasteiger partial charge >= 0.3 is 0 Å². The van der Waals surface area contributed by atoms with Crippen LogP contribution in [0.2, 0.25) is 5.02 Å². The number of nitrogens with zero attached hydrogens (tertiary/aromatic N) is 5. The fourth-order valence-electron chi connectivity index (χ4n) is 4.09. The number of aromatic nitrogens is 3. The first-order chi connectivity index (χ1) is 14.8. The molecule has 0 aliphatic carbocycles. The highest BCUT2D eigenvalue weighted by Crippen LogP contribution is 2.38.